The summed E-state index contributed by atoms with van der Waals surface area (Å²) in [5, 5.41) is 2.12. The second-order valence-electron chi connectivity index (χ2n) is 4.53. The molecule has 0 aliphatic carbocycles. The highest BCUT2D eigenvalue weighted by molar-refractivity contribution is 7.09. The minimum atomic E-state index is 0.151. The molecule has 0 aliphatic heterocycles. The average molecular weight is 245 g/mol. The first-order valence-corrected chi connectivity index (χ1v) is 6.90. The Morgan fingerprint density at radius 3 is 2.41 bits per heavy atom. The van der Waals surface area contributed by atoms with Gasteiger partial charge < -0.3 is 5.73 Å². The van der Waals surface area contributed by atoms with Gasteiger partial charge in [-0.1, -0.05) is 24.3 Å². The minimum Gasteiger partial charge on any atom is -0.324 e. The first kappa shape index (κ1) is 12.3. The number of rotatable bonds is 4. The third-order valence-corrected chi connectivity index (χ3v) is 4.13. The Morgan fingerprint density at radius 2 is 1.82 bits per heavy atom. The number of thiophene rings is 1. The highest BCUT2D eigenvalue weighted by Crippen LogP contribution is 2.24. The number of aryl methyl sites for hydroxylation is 3. The summed E-state index contributed by atoms with van der Waals surface area (Å²) in [6, 6.07) is 10.8. The van der Waals surface area contributed by atoms with Gasteiger partial charge in [0.2, 0.25) is 0 Å². The van der Waals surface area contributed by atoms with Gasteiger partial charge in [0.05, 0.1) is 0 Å². The molecule has 2 aromatic rings. The smallest absolute Gasteiger partial charge is 0.0303 e. The molecular weight excluding hydrogens is 226 g/mol. The third-order valence-electron chi connectivity index (χ3n) is 3.19. The van der Waals surface area contributed by atoms with Crippen LogP contribution in [0.1, 0.15) is 34.0 Å². The molecule has 1 unspecified atom stereocenters. The first-order chi connectivity index (χ1) is 8.18. The fourth-order valence-electron chi connectivity index (χ4n) is 2.31. The van der Waals surface area contributed by atoms with Crippen LogP contribution in [-0.4, -0.2) is 0 Å². The van der Waals surface area contributed by atoms with Crippen molar-refractivity contribution in [1.29, 1.82) is 0 Å². The number of benzene rings is 1. The normalized spacial score (nSPS) is 12.6. The third kappa shape index (κ3) is 2.96. The van der Waals surface area contributed by atoms with Gasteiger partial charge in [-0.25, -0.2) is 0 Å². The van der Waals surface area contributed by atoms with Crippen LogP contribution in [0.5, 0.6) is 0 Å². The summed E-state index contributed by atoms with van der Waals surface area (Å²) in [6.07, 6.45) is 2.10. The molecule has 0 aliphatic rings. The van der Waals surface area contributed by atoms with Gasteiger partial charge in [-0.05, 0) is 54.8 Å². The van der Waals surface area contributed by atoms with E-state index in [1.165, 1.54) is 21.6 Å². The molecule has 2 rings (SSSR count). The standard InChI is InChI=1S/C15H19NS/c1-11-5-3-6-12(2)15(11)14(16)9-8-13-7-4-10-17-13/h3-7,10,14H,8-9,16H2,1-2H3. The van der Waals surface area contributed by atoms with Crippen LogP contribution in [0.4, 0.5) is 0 Å². The number of hydrogen-bond acceptors (Lipinski definition) is 2. The van der Waals surface area contributed by atoms with Crippen molar-refractivity contribution in [1.82, 2.24) is 0 Å². The predicted octanol–water partition coefficient (Wildman–Crippen LogP) is 4.00. The zero-order chi connectivity index (χ0) is 12.3. The SMILES string of the molecule is Cc1cccc(C)c1C(N)CCc1cccs1. The van der Waals surface area contributed by atoms with E-state index in [2.05, 4.69) is 49.6 Å². The average Bonchev–Trinajstić information content (AvgIpc) is 2.79. The van der Waals surface area contributed by atoms with Gasteiger partial charge in [-0.3, -0.25) is 0 Å². The van der Waals surface area contributed by atoms with E-state index in [-0.39, 0.29) is 6.04 Å². The highest BCUT2D eigenvalue weighted by atomic mass is 32.1. The summed E-state index contributed by atoms with van der Waals surface area (Å²) >= 11 is 1.81. The molecule has 90 valence electrons. The molecule has 2 heteroatoms. The molecule has 0 bridgehead atoms. The zero-order valence-electron chi connectivity index (χ0n) is 10.4. The predicted molar refractivity (Wildman–Crippen MR) is 75.5 cm³/mol. The quantitative estimate of drug-likeness (QED) is 0.865. The molecule has 1 aromatic heterocycles. The largest absolute Gasteiger partial charge is 0.324 e. The van der Waals surface area contributed by atoms with Gasteiger partial charge >= 0.3 is 0 Å². The lowest BCUT2D eigenvalue weighted by molar-refractivity contribution is 0.648. The maximum atomic E-state index is 6.32. The molecule has 0 saturated heterocycles. The Hall–Kier alpha value is -1.12. The molecular formula is C15H19NS. The Labute approximate surface area is 107 Å². The maximum absolute atomic E-state index is 6.32. The first-order valence-electron chi connectivity index (χ1n) is 6.02. The van der Waals surface area contributed by atoms with Gasteiger partial charge in [-0.15, -0.1) is 11.3 Å². The number of hydrogen-bond donors (Lipinski definition) is 1. The Balaban J connectivity index is 2.07. The van der Waals surface area contributed by atoms with Gasteiger partial charge in [0.1, 0.15) is 0 Å². The second kappa shape index (κ2) is 5.48. The van der Waals surface area contributed by atoms with Crippen molar-refractivity contribution in [3.05, 3.63) is 57.3 Å². The summed E-state index contributed by atoms with van der Waals surface area (Å²) in [5.74, 6) is 0. The molecule has 0 spiro atoms. The van der Waals surface area contributed by atoms with Crippen LogP contribution in [-0.2, 0) is 6.42 Å². The van der Waals surface area contributed by atoms with Gasteiger partial charge in [0, 0.05) is 10.9 Å². The monoisotopic (exact) mass is 245 g/mol. The van der Waals surface area contributed by atoms with Gasteiger partial charge in [0.25, 0.3) is 0 Å². The van der Waals surface area contributed by atoms with E-state index < -0.39 is 0 Å². The maximum Gasteiger partial charge on any atom is 0.0303 e. The lowest BCUT2D eigenvalue weighted by atomic mass is 9.94. The summed E-state index contributed by atoms with van der Waals surface area (Å²) < 4.78 is 0. The number of nitrogens with two attached hydrogens (primary N) is 1. The zero-order valence-corrected chi connectivity index (χ0v) is 11.3. The van der Waals surface area contributed by atoms with E-state index in [1.807, 2.05) is 11.3 Å². The van der Waals surface area contributed by atoms with E-state index in [1.54, 1.807) is 0 Å². The summed E-state index contributed by atoms with van der Waals surface area (Å²) in [5.41, 5.74) is 10.3. The topological polar surface area (TPSA) is 26.0 Å². The van der Waals surface area contributed by atoms with Crippen molar-refractivity contribution < 1.29 is 0 Å². The van der Waals surface area contributed by atoms with E-state index in [9.17, 15) is 0 Å². The summed E-state index contributed by atoms with van der Waals surface area (Å²) in [6.45, 7) is 4.29. The van der Waals surface area contributed by atoms with Crippen LogP contribution in [0.15, 0.2) is 35.7 Å². The molecule has 1 aromatic carbocycles. The molecule has 1 heterocycles. The fraction of sp³-hybridized carbons (Fsp3) is 0.333. The van der Waals surface area contributed by atoms with Crippen molar-refractivity contribution in [2.75, 3.05) is 0 Å². The molecule has 17 heavy (non-hydrogen) atoms. The Morgan fingerprint density at radius 1 is 1.12 bits per heavy atom. The van der Waals surface area contributed by atoms with Crippen molar-refractivity contribution in [2.24, 2.45) is 5.73 Å². The molecule has 1 atom stereocenters. The van der Waals surface area contributed by atoms with Crippen molar-refractivity contribution in [3.8, 4) is 0 Å². The lowest BCUT2D eigenvalue weighted by Gasteiger charge is -2.17. The van der Waals surface area contributed by atoms with Gasteiger partial charge in [0.15, 0.2) is 0 Å². The van der Waals surface area contributed by atoms with Crippen LogP contribution in [0.3, 0.4) is 0 Å². The van der Waals surface area contributed by atoms with Crippen LogP contribution >= 0.6 is 11.3 Å². The van der Waals surface area contributed by atoms with Crippen molar-refractivity contribution in [2.45, 2.75) is 32.7 Å². The van der Waals surface area contributed by atoms with E-state index >= 15 is 0 Å². The van der Waals surface area contributed by atoms with Gasteiger partial charge in [-0.2, -0.15) is 0 Å². The summed E-state index contributed by atoms with van der Waals surface area (Å²) in [7, 11) is 0. The summed E-state index contributed by atoms with van der Waals surface area (Å²) in [4.78, 5) is 1.42. The van der Waals surface area contributed by atoms with Crippen molar-refractivity contribution in [3.63, 3.8) is 0 Å². The molecule has 0 fully saturated rings. The van der Waals surface area contributed by atoms with E-state index in [0.29, 0.717) is 0 Å². The second-order valence-corrected chi connectivity index (χ2v) is 5.56. The fourth-order valence-corrected chi connectivity index (χ4v) is 3.03. The Bertz CT molecular complexity index is 453. The van der Waals surface area contributed by atoms with Crippen LogP contribution in [0, 0.1) is 13.8 Å². The van der Waals surface area contributed by atoms with Crippen LogP contribution in [0.25, 0.3) is 0 Å². The lowest BCUT2D eigenvalue weighted by Crippen LogP contribution is -2.14. The van der Waals surface area contributed by atoms with Crippen LogP contribution < -0.4 is 5.73 Å². The van der Waals surface area contributed by atoms with E-state index in [0.717, 1.165) is 12.8 Å². The molecule has 0 radical (unpaired) electrons. The highest BCUT2D eigenvalue weighted by Gasteiger charge is 2.11. The molecule has 1 nitrogen and oxygen atoms in total. The molecule has 0 saturated carbocycles. The minimum absolute atomic E-state index is 0.151. The molecule has 0 amide bonds. The van der Waals surface area contributed by atoms with Crippen LogP contribution in [0.2, 0.25) is 0 Å². The Kier molecular flexibility index (Phi) is 3.97. The van der Waals surface area contributed by atoms with E-state index in [4.69, 9.17) is 5.73 Å². The van der Waals surface area contributed by atoms with Crippen molar-refractivity contribution >= 4 is 11.3 Å². The molecule has 2 N–H and O–H groups in total.